The molecule has 0 radical (unpaired) electrons. The van der Waals surface area contributed by atoms with Gasteiger partial charge in [-0.2, -0.15) is 0 Å². The van der Waals surface area contributed by atoms with Crippen LogP contribution in [0.2, 0.25) is 0 Å². The number of nitrogens with zero attached hydrogens (tertiary/aromatic N) is 1. The fourth-order valence-electron chi connectivity index (χ4n) is 2.52. The van der Waals surface area contributed by atoms with E-state index in [0.29, 0.717) is 6.42 Å². The molecule has 2 N–H and O–H groups in total. The van der Waals surface area contributed by atoms with Gasteiger partial charge >= 0.3 is 12.1 Å². The first-order valence-corrected chi connectivity index (χ1v) is 5.64. The first-order chi connectivity index (χ1) is 7.72. The second-order valence-corrected chi connectivity index (χ2v) is 5.63. The molecule has 2 aliphatic heterocycles. The van der Waals surface area contributed by atoms with Gasteiger partial charge in [-0.25, -0.2) is 9.59 Å². The SMILES string of the molecule is CC(C)(C)OC(=O)N1[C@H](C(=O)O)[C@H]2C[C@H]1[C@@H]2O. The zero-order valence-electron chi connectivity index (χ0n) is 10.1. The highest BCUT2D eigenvalue weighted by molar-refractivity contribution is 5.83. The van der Waals surface area contributed by atoms with Crippen LogP contribution < -0.4 is 0 Å². The Morgan fingerprint density at radius 2 is 1.94 bits per heavy atom. The summed E-state index contributed by atoms with van der Waals surface area (Å²) in [4.78, 5) is 24.2. The number of rotatable bonds is 1. The average molecular weight is 243 g/mol. The molecule has 0 spiro atoms. The summed E-state index contributed by atoms with van der Waals surface area (Å²) >= 11 is 0. The zero-order valence-corrected chi connectivity index (χ0v) is 10.1. The van der Waals surface area contributed by atoms with Gasteiger partial charge in [-0.3, -0.25) is 4.90 Å². The van der Waals surface area contributed by atoms with Crippen LogP contribution in [0.4, 0.5) is 4.79 Å². The summed E-state index contributed by atoms with van der Waals surface area (Å²) in [7, 11) is 0. The molecule has 3 fully saturated rings. The van der Waals surface area contributed by atoms with Crippen LogP contribution in [0.5, 0.6) is 0 Å². The monoisotopic (exact) mass is 243 g/mol. The predicted octanol–water partition coefficient (Wildman–Crippen LogP) is 0.440. The van der Waals surface area contributed by atoms with Crippen LogP contribution in [0.3, 0.4) is 0 Å². The number of hydrogen-bond donors (Lipinski definition) is 2. The van der Waals surface area contributed by atoms with Gasteiger partial charge in [0.15, 0.2) is 0 Å². The van der Waals surface area contributed by atoms with Crippen LogP contribution in [0.25, 0.3) is 0 Å². The third-order valence-electron chi connectivity index (χ3n) is 3.27. The number of aliphatic hydroxyl groups is 1. The van der Waals surface area contributed by atoms with Crippen molar-refractivity contribution in [3.63, 3.8) is 0 Å². The molecule has 2 saturated heterocycles. The number of carboxylic acid groups (broad SMARTS) is 1. The van der Waals surface area contributed by atoms with Gasteiger partial charge < -0.3 is 14.9 Å². The maximum Gasteiger partial charge on any atom is 0.411 e. The Kier molecular flexibility index (Phi) is 2.57. The van der Waals surface area contributed by atoms with E-state index in [1.807, 2.05) is 0 Å². The van der Waals surface area contributed by atoms with Gasteiger partial charge in [0.2, 0.25) is 0 Å². The van der Waals surface area contributed by atoms with Crippen LogP contribution in [0.15, 0.2) is 0 Å². The summed E-state index contributed by atoms with van der Waals surface area (Å²) in [5, 5.41) is 18.8. The molecule has 3 rings (SSSR count). The summed E-state index contributed by atoms with van der Waals surface area (Å²) in [5.41, 5.74) is -0.669. The number of carbonyl (C=O) groups excluding carboxylic acids is 1. The number of aliphatic hydroxyl groups excluding tert-OH is 1. The van der Waals surface area contributed by atoms with Crippen molar-refractivity contribution in [3.8, 4) is 0 Å². The zero-order chi connectivity index (χ0) is 13.0. The summed E-state index contributed by atoms with van der Waals surface area (Å²) in [6, 6.07) is -1.36. The lowest BCUT2D eigenvalue weighted by Crippen LogP contribution is -2.47. The highest BCUT2D eigenvalue weighted by Crippen LogP contribution is 2.46. The molecule has 1 amide bonds. The minimum atomic E-state index is -1.08. The topological polar surface area (TPSA) is 87.1 Å². The maximum atomic E-state index is 11.9. The Morgan fingerprint density at radius 1 is 1.35 bits per heavy atom. The van der Waals surface area contributed by atoms with E-state index < -0.39 is 35.9 Å². The molecule has 0 unspecified atom stereocenters. The Morgan fingerprint density at radius 3 is 2.35 bits per heavy atom. The van der Waals surface area contributed by atoms with Crippen LogP contribution in [-0.2, 0) is 9.53 Å². The Labute approximate surface area is 99.2 Å². The van der Waals surface area contributed by atoms with Crippen LogP contribution in [-0.4, -0.2) is 51.0 Å². The van der Waals surface area contributed by atoms with E-state index in [1.54, 1.807) is 20.8 Å². The van der Waals surface area contributed by atoms with Crippen molar-refractivity contribution in [2.75, 3.05) is 0 Å². The quantitative estimate of drug-likeness (QED) is 0.697. The molecule has 0 aromatic carbocycles. The molecular formula is C11H17NO5. The average Bonchev–Trinajstić information content (AvgIpc) is 2.66. The van der Waals surface area contributed by atoms with E-state index in [2.05, 4.69) is 0 Å². The highest BCUT2D eigenvalue weighted by atomic mass is 16.6. The van der Waals surface area contributed by atoms with E-state index in [4.69, 9.17) is 9.84 Å². The smallest absolute Gasteiger partial charge is 0.411 e. The second kappa shape index (κ2) is 3.60. The molecule has 0 aromatic rings. The number of fused-ring (bicyclic) bond motifs is 1. The molecule has 0 aromatic heterocycles. The van der Waals surface area contributed by atoms with Crippen molar-refractivity contribution in [2.24, 2.45) is 5.92 Å². The van der Waals surface area contributed by atoms with Gasteiger partial charge in [0.1, 0.15) is 11.6 Å². The molecule has 6 nitrogen and oxygen atoms in total. The van der Waals surface area contributed by atoms with E-state index in [-0.39, 0.29) is 5.92 Å². The van der Waals surface area contributed by atoms with Crippen molar-refractivity contribution < 1.29 is 24.5 Å². The van der Waals surface area contributed by atoms with E-state index in [0.717, 1.165) is 0 Å². The molecule has 1 saturated carbocycles. The lowest BCUT2D eigenvalue weighted by Gasteiger charge is -2.32. The largest absolute Gasteiger partial charge is 0.480 e. The lowest BCUT2D eigenvalue weighted by molar-refractivity contribution is -0.142. The van der Waals surface area contributed by atoms with Gasteiger partial charge in [0, 0.05) is 5.92 Å². The van der Waals surface area contributed by atoms with E-state index in [9.17, 15) is 14.7 Å². The Balaban J connectivity index is 2.15. The second-order valence-electron chi connectivity index (χ2n) is 5.63. The minimum Gasteiger partial charge on any atom is -0.480 e. The van der Waals surface area contributed by atoms with Crippen molar-refractivity contribution >= 4 is 12.1 Å². The fraction of sp³-hybridized carbons (Fsp3) is 0.818. The van der Waals surface area contributed by atoms with Crippen LogP contribution in [0.1, 0.15) is 27.2 Å². The fourth-order valence-corrected chi connectivity index (χ4v) is 2.52. The number of ether oxygens (including phenoxy) is 1. The van der Waals surface area contributed by atoms with Gasteiger partial charge in [0.05, 0.1) is 12.1 Å². The standard InChI is InChI=1S/C11H17NO5/c1-11(2,3)17-10(16)12-6-4-5(8(6)13)7(12)9(14)15/h5-8,13H,4H2,1-3H3,(H,14,15)/t5-,6+,7+,8-/m1/s1. The predicted molar refractivity (Wildman–Crippen MR) is 57.4 cm³/mol. The minimum absolute atomic E-state index is 0.356. The summed E-state index contributed by atoms with van der Waals surface area (Å²) in [6.07, 6.45) is -0.852. The lowest BCUT2D eigenvalue weighted by atomic mass is 9.79. The first kappa shape index (κ1) is 12.2. The molecule has 6 heteroatoms. The number of aliphatic carboxylic acids is 1. The molecule has 1 aliphatic carbocycles. The highest BCUT2D eigenvalue weighted by Gasteiger charge is 2.63. The van der Waals surface area contributed by atoms with Crippen molar-refractivity contribution in [3.05, 3.63) is 0 Å². The van der Waals surface area contributed by atoms with E-state index >= 15 is 0 Å². The summed E-state index contributed by atoms with van der Waals surface area (Å²) in [6.45, 7) is 5.16. The molecule has 96 valence electrons. The Bertz CT molecular complexity index is 361. The van der Waals surface area contributed by atoms with Gasteiger partial charge in [-0.05, 0) is 27.2 Å². The first-order valence-electron chi connectivity index (χ1n) is 5.64. The number of hydrogen-bond acceptors (Lipinski definition) is 4. The molecule has 4 atom stereocenters. The summed E-state index contributed by atoms with van der Waals surface area (Å²) < 4.78 is 5.16. The van der Waals surface area contributed by atoms with Crippen molar-refractivity contribution in [1.29, 1.82) is 0 Å². The third kappa shape index (κ3) is 1.86. The van der Waals surface area contributed by atoms with E-state index in [1.165, 1.54) is 4.90 Å². The molecular weight excluding hydrogens is 226 g/mol. The summed E-state index contributed by atoms with van der Waals surface area (Å²) in [5.74, 6) is -1.44. The van der Waals surface area contributed by atoms with Crippen molar-refractivity contribution in [2.45, 2.75) is 51.0 Å². The number of carboxylic acids is 1. The molecule has 2 bridgehead atoms. The number of carbonyl (C=O) groups is 2. The van der Waals surface area contributed by atoms with Crippen LogP contribution >= 0.6 is 0 Å². The van der Waals surface area contributed by atoms with Crippen LogP contribution in [0, 0.1) is 5.92 Å². The van der Waals surface area contributed by atoms with Gasteiger partial charge in [-0.15, -0.1) is 0 Å². The maximum absolute atomic E-state index is 11.9. The van der Waals surface area contributed by atoms with Gasteiger partial charge in [0.25, 0.3) is 0 Å². The molecule has 3 aliphatic rings. The van der Waals surface area contributed by atoms with Gasteiger partial charge in [-0.1, -0.05) is 0 Å². The van der Waals surface area contributed by atoms with Crippen molar-refractivity contribution in [1.82, 2.24) is 4.90 Å². The third-order valence-corrected chi connectivity index (χ3v) is 3.27. The number of amides is 1. The normalized spacial score (nSPS) is 35.4. The Hall–Kier alpha value is -1.30. The molecule has 2 heterocycles. The molecule has 17 heavy (non-hydrogen) atoms.